The van der Waals surface area contributed by atoms with Gasteiger partial charge < -0.3 is 20.5 Å². The van der Waals surface area contributed by atoms with Crippen LogP contribution in [0.4, 0.5) is 5.69 Å². The zero-order chi connectivity index (χ0) is 12.3. The molecule has 1 aromatic heterocycles. The second kappa shape index (κ2) is 5.15. The molecule has 0 aromatic carbocycles. The maximum absolute atomic E-state index is 12.0. The molecule has 7 heteroatoms. The van der Waals surface area contributed by atoms with Crippen LogP contribution in [0.25, 0.3) is 0 Å². The Bertz CT molecular complexity index is 393. The Morgan fingerprint density at radius 3 is 3.18 bits per heavy atom. The summed E-state index contributed by atoms with van der Waals surface area (Å²) in [7, 11) is 0. The number of hydrogen-bond acceptors (Lipinski definition) is 5. The van der Waals surface area contributed by atoms with E-state index in [1.165, 1.54) is 10.9 Å². The van der Waals surface area contributed by atoms with E-state index in [0.29, 0.717) is 25.4 Å². The second-order valence-corrected chi connectivity index (χ2v) is 3.97. The molecule has 1 aliphatic heterocycles. The van der Waals surface area contributed by atoms with Crippen LogP contribution < -0.4 is 5.73 Å². The van der Waals surface area contributed by atoms with E-state index in [2.05, 4.69) is 5.10 Å². The molecule has 2 rings (SSSR count). The number of aromatic nitrogens is 2. The Kier molecular flexibility index (Phi) is 3.60. The van der Waals surface area contributed by atoms with Crippen LogP contribution >= 0.6 is 0 Å². The van der Waals surface area contributed by atoms with Crippen LogP contribution in [-0.4, -0.2) is 58.1 Å². The molecule has 7 nitrogen and oxygen atoms in total. The lowest BCUT2D eigenvalue weighted by atomic mass is 10.2. The van der Waals surface area contributed by atoms with Gasteiger partial charge in [-0.25, -0.2) is 0 Å². The number of morpholine rings is 1. The first kappa shape index (κ1) is 11.9. The number of carbonyl (C=O) groups is 1. The summed E-state index contributed by atoms with van der Waals surface area (Å²) >= 11 is 0. The minimum atomic E-state index is -0.260. The Morgan fingerprint density at radius 1 is 1.71 bits per heavy atom. The highest BCUT2D eigenvalue weighted by Gasteiger charge is 2.26. The number of nitrogens with two attached hydrogens (primary N) is 1. The van der Waals surface area contributed by atoms with Crippen molar-refractivity contribution in [3.63, 3.8) is 0 Å². The van der Waals surface area contributed by atoms with Crippen molar-refractivity contribution < 1.29 is 14.6 Å². The van der Waals surface area contributed by atoms with Gasteiger partial charge in [-0.15, -0.1) is 0 Å². The molecule has 0 radical (unpaired) electrons. The van der Waals surface area contributed by atoms with Crippen molar-refractivity contribution in [2.75, 3.05) is 32.1 Å². The number of aliphatic hydroxyl groups is 1. The Balaban J connectivity index is 1.98. The predicted octanol–water partition coefficient (Wildman–Crippen LogP) is -1.31. The Hall–Kier alpha value is -1.60. The molecule has 3 N–H and O–H groups in total. The van der Waals surface area contributed by atoms with Crippen molar-refractivity contribution in [1.82, 2.24) is 14.7 Å². The molecule has 0 aliphatic carbocycles. The van der Waals surface area contributed by atoms with Crippen LogP contribution in [0.5, 0.6) is 0 Å². The maximum atomic E-state index is 12.0. The number of nitrogen functional groups attached to an aromatic ring is 1. The number of amides is 1. The lowest BCUT2D eigenvalue weighted by molar-refractivity contribution is -0.142. The molecule has 0 bridgehead atoms. The zero-order valence-corrected chi connectivity index (χ0v) is 9.45. The van der Waals surface area contributed by atoms with Crippen molar-refractivity contribution in [3.05, 3.63) is 12.4 Å². The van der Waals surface area contributed by atoms with E-state index in [0.717, 1.165) is 0 Å². The summed E-state index contributed by atoms with van der Waals surface area (Å²) in [4.78, 5) is 13.6. The predicted molar refractivity (Wildman–Crippen MR) is 60.0 cm³/mol. The normalized spacial score (nSPS) is 20.5. The lowest BCUT2D eigenvalue weighted by Crippen LogP contribution is -2.51. The van der Waals surface area contributed by atoms with Gasteiger partial charge >= 0.3 is 0 Å². The van der Waals surface area contributed by atoms with Gasteiger partial charge in [-0.3, -0.25) is 9.48 Å². The first-order valence-corrected chi connectivity index (χ1v) is 5.46. The fraction of sp³-hybridized carbons (Fsp3) is 0.600. The van der Waals surface area contributed by atoms with Crippen molar-refractivity contribution in [1.29, 1.82) is 0 Å². The number of nitrogens with zero attached hydrogens (tertiary/aromatic N) is 3. The van der Waals surface area contributed by atoms with E-state index >= 15 is 0 Å². The highest BCUT2D eigenvalue weighted by molar-refractivity contribution is 5.76. The van der Waals surface area contributed by atoms with Crippen LogP contribution in [0.15, 0.2) is 12.4 Å². The topological polar surface area (TPSA) is 93.6 Å². The van der Waals surface area contributed by atoms with E-state index in [1.54, 1.807) is 11.1 Å². The van der Waals surface area contributed by atoms with Crippen LogP contribution in [-0.2, 0) is 16.1 Å². The first-order chi connectivity index (χ1) is 8.20. The van der Waals surface area contributed by atoms with E-state index in [4.69, 9.17) is 15.6 Å². The van der Waals surface area contributed by atoms with Gasteiger partial charge in [0, 0.05) is 12.7 Å². The van der Waals surface area contributed by atoms with Gasteiger partial charge in [-0.05, 0) is 0 Å². The van der Waals surface area contributed by atoms with E-state index in [9.17, 15) is 4.79 Å². The maximum Gasteiger partial charge on any atom is 0.244 e. The van der Waals surface area contributed by atoms with Gasteiger partial charge in [0.05, 0.1) is 37.7 Å². The van der Waals surface area contributed by atoms with Gasteiger partial charge in [0.1, 0.15) is 6.54 Å². The van der Waals surface area contributed by atoms with Gasteiger partial charge in [0.25, 0.3) is 0 Å². The number of carbonyl (C=O) groups excluding carboxylic acids is 1. The standard InChI is InChI=1S/C10H16N4O3/c11-8-3-12-13(4-8)5-10(16)14-1-2-17-7-9(14)6-15/h3-4,9,15H,1-2,5-7,11H2. The molecule has 17 heavy (non-hydrogen) atoms. The fourth-order valence-corrected chi connectivity index (χ4v) is 1.83. The largest absolute Gasteiger partial charge is 0.396 e. The molecule has 1 aliphatic rings. The molecular weight excluding hydrogens is 224 g/mol. The van der Waals surface area contributed by atoms with Gasteiger partial charge in [0.15, 0.2) is 0 Å². The summed E-state index contributed by atoms with van der Waals surface area (Å²) in [5, 5.41) is 13.1. The number of ether oxygens (including phenoxy) is 1. The summed E-state index contributed by atoms with van der Waals surface area (Å²) in [5.41, 5.74) is 6.04. The van der Waals surface area contributed by atoms with E-state index < -0.39 is 0 Å². The van der Waals surface area contributed by atoms with Gasteiger partial charge in [0.2, 0.25) is 5.91 Å². The Morgan fingerprint density at radius 2 is 2.53 bits per heavy atom. The van der Waals surface area contributed by atoms with Crippen molar-refractivity contribution in [3.8, 4) is 0 Å². The molecular formula is C10H16N4O3. The van der Waals surface area contributed by atoms with Crippen LogP contribution in [0.3, 0.4) is 0 Å². The third kappa shape index (κ3) is 2.75. The summed E-state index contributed by atoms with van der Waals surface area (Å²) < 4.78 is 6.70. The molecule has 1 fully saturated rings. The highest BCUT2D eigenvalue weighted by Crippen LogP contribution is 2.08. The average molecular weight is 240 g/mol. The lowest BCUT2D eigenvalue weighted by Gasteiger charge is -2.34. The smallest absolute Gasteiger partial charge is 0.244 e. The molecule has 1 atom stereocenters. The second-order valence-electron chi connectivity index (χ2n) is 3.97. The number of hydrogen-bond donors (Lipinski definition) is 2. The van der Waals surface area contributed by atoms with Crippen LogP contribution in [0.1, 0.15) is 0 Å². The molecule has 2 heterocycles. The first-order valence-electron chi connectivity index (χ1n) is 5.46. The van der Waals surface area contributed by atoms with Crippen molar-refractivity contribution in [2.24, 2.45) is 0 Å². The third-order valence-corrected chi connectivity index (χ3v) is 2.71. The van der Waals surface area contributed by atoms with Gasteiger partial charge in [-0.1, -0.05) is 0 Å². The Labute approximate surface area is 98.8 Å². The molecule has 1 amide bonds. The fourth-order valence-electron chi connectivity index (χ4n) is 1.83. The van der Waals surface area contributed by atoms with Crippen molar-refractivity contribution >= 4 is 11.6 Å². The molecule has 0 saturated carbocycles. The number of rotatable bonds is 3. The molecule has 1 aromatic rings. The number of aliphatic hydroxyl groups excluding tert-OH is 1. The SMILES string of the molecule is Nc1cnn(CC(=O)N2CCOCC2CO)c1. The third-order valence-electron chi connectivity index (χ3n) is 2.71. The van der Waals surface area contributed by atoms with Crippen LogP contribution in [0, 0.1) is 0 Å². The number of anilines is 1. The van der Waals surface area contributed by atoms with Gasteiger partial charge in [-0.2, -0.15) is 5.10 Å². The minimum Gasteiger partial charge on any atom is -0.396 e. The quantitative estimate of drug-likeness (QED) is 0.684. The molecule has 1 saturated heterocycles. The summed E-state index contributed by atoms with van der Waals surface area (Å²) in [6.45, 7) is 1.43. The minimum absolute atomic E-state index is 0.0875. The van der Waals surface area contributed by atoms with Crippen LogP contribution in [0.2, 0.25) is 0 Å². The summed E-state index contributed by atoms with van der Waals surface area (Å²) in [6, 6.07) is -0.260. The van der Waals surface area contributed by atoms with Crippen molar-refractivity contribution in [2.45, 2.75) is 12.6 Å². The monoisotopic (exact) mass is 240 g/mol. The van der Waals surface area contributed by atoms with E-state index in [-0.39, 0.29) is 25.1 Å². The summed E-state index contributed by atoms with van der Waals surface area (Å²) in [6.07, 6.45) is 3.10. The molecule has 1 unspecified atom stereocenters. The molecule has 0 spiro atoms. The van der Waals surface area contributed by atoms with E-state index in [1.807, 2.05) is 0 Å². The molecule has 94 valence electrons. The highest BCUT2D eigenvalue weighted by atomic mass is 16.5. The zero-order valence-electron chi connectivity index (χ0n) is 9.45. The average Bonchev–Trinajstić information content (AvgIpc) is 2.74. The summed E-state index contributed by atoms with van der Waals surface area (Å²) in [5.74, 6) is -0.0875.